The van der Waals surface area contributed by atoms with E-state index in [4.69, 9.17) is 9.84 Å². The lowest BCUT2D eigenvalue weighted by Gasteiger charge is -1.93. The number of hydrogen-bond acceptors (Lipinski definition) is 4. The molecular formula is C8H16O4. The summed E-state index contributed by atoms with van der Waals surface area (Å²) >= 11 is 0. The van der Waals surface area contributed by atoms with Crippen LogP contribution in [0.1, 0.15) is 19.8 Å². The Morgan fingerprint density at radius 2 is 2.08 bits per heavy atom. The first-order chi connectivity index (χ1) is 5.77. The van der Waals surface area contributed by atoms with Gasteiger partial charge in [0.25, 0.3) is 0 Å². The van der Waals surface area contributed by atoms with Crippen molar-refractivity contribution >= 4 is 5.97 Å². The lowest BCUT2D eigenvalue weighted by molar-refractivity contribution is -0.141. The molecule has 0 saturated carbocycles. The summed E-state index contributed by atoms with van der Waals surface area (Å²) in [7, 11) is 0. The number of carbonyl (C=O) groups excluding carboxylic acids is 1. The molecule has 4 nitrogen and oxygen atoms in total. The van der Waals surface area contributed by atoms with Gasteiger partial charge in [-0.3, -0.25) is 4.79 Å². The van der Waals surface area contributed by atoms with E-state index in [0.29, 0.717) is 0 Å². The summed E-state index contributed by atoms with van der Waals surface area (Å²) in [4.78, 5) is 9.87. The van der Waals surface area contributed by atoms with E-state index < -0.39 is 0 Å². The van der Waals surface area contributed by atoms with E-state index in [1.165, 1.54) is 19.8 Å². The normalized spacial score (nSPS) is 14.8. The van der Waals surface area contributed by atoms with Gasteiger partial charge in [0.1, 0.15) is 6.61 Å². The molecule has 1 aliphatic heterocycles. The van der Waals surface area contributed by atoms with Gasteiger partial charge in [0.15, 0.2) is 0 Å². The fraction of sp³-hybridized carbons (Fsp3) is 0.875. The molecule has 1 saturated heterocycles. The molecule has 1 rings (SSSR count). The Morgan fingerprint density at radius 3 is 2.25 bits per heavy atom. The van der Waals surface area contributed by atoms with Crippen molar-refractivity contribution in [2.24, 2.45) is 0 Å². The van der Waals surface area contributed by atoms with Crippen molar-refractivity contribution in [1.82, 2.24) is 0 Å². The summed E-state index contributed by atoms with van der Waals surface area (Å²) in [5, 5.41) is 8.04. The molecule has 0 unspecified atom stereocenters. The van der Waals surface area contributed by atoms with Crippen molar-refractivity contribution in [3.63, 3.8) is 0 Å². The second-order valence-corrected chi connectivity index (χ2v) is 2.38. The number of ether oxygens (including phenoxy) is 2. The Hall–Kier alpha value is -0.610. The maximum Gasteiger partial charge on any atom is 0.302 e. The summed E-state index contributed by atoms with van der Waals surface area (Å²) in [5.74, 6) is -0.353. The molecule has 0 aromatic rings. The van der Waals surface area contributed by atoms with Crippen LogP contribution in [-0.4, -0.2) is 37.5 Å². The first kappa shape index (κ1) is 11.4. The summed E-state index contributed by atoms with van der Waals surface area (Å²) in [6.07, 6.45) is 2.56. The van der Waals surface area contributed by atoms with E-state index in [0.717, 1.165) is 13.2 Å². The van der Waals surface area contributed by atoms with Crippen LogP contribution in [0.4, 0.5) is 0 Å². The first-order valence-electron chi connectivity index (χ1n) is 4.09. The van der Waals surface area contributed by atoms with E-state index in [2.05, 4.69) is 4.74 Å². The van der Waals surface area contributed by atoms with Crippen LogP contribution in [0.15, 0.2) is 0 Å². The predicted molar refractivity (Wildman–Crippen MR) is 43.8 cm³/mol. The zero-order valence-corrected chi connectivity index (χ0v) is 7.41. The minimum Gasteiger partial charge on any atom is -0.463 e. The fourth-order valence-electron chi connectivity index (χ4n) is 0.700. The van der Waals surface area contributed by atoms with Gasteiger partial charge in [-0.15, -0.1) is 0 Å². The standard InChI is InChI=1S/C4H8O3.C4H8O/c1-4(6)7-3-2-5;1-2-4-5-3-1/h5H,2-3H2,1H3;1-4H2. The minimum absolute atomic E-state index is 0.0976. The van der Waals surface area contributed by atoms with Crippen molar-refractivity contribution in [2.75, 3.05) is 26.4 Å². The maximum atomic E-state index is 9.87. The van der Waals surface area contributed by atoms with Gasteiger partial charge in [-0.25, -0.2) is 0 Å². The zero-order chi connectivity index (χ0) is 9.23. The van der Waals surface area contributed by atoms with Gasteiger partial charge in [-0.2, -0.15) is 0 Å². The Labute approximate surface area is 72.5 Å². The third-order valence-corrected chi connectivity index (χ3v) is 1.22. The average molecular weight is 176 g/mol. The summed E-state index contributed by atoms with van der Waals surface area (Å²) in [6, 6.07) is 0. The van der Waals surface area contributed by atoms with E-state index >= 15 is 0 Å². The highest BCUT2D eigenvalue weighted by atomic mass is 16.5. The molecule has 0 aromatic carbocycles. The van der Waals surface area contributed by atoms with Crippen molar-refractivity contribution in [2.45, 2.75) is 19.8 Å². The van der Waals surface area contributed by atoms with Crippen LogP contribution < -0.4 is 0 Å². The van der Waals surface area contributed by atoms with Crippen LogP contribution in [0, 0.1) is 0 Å². The highest BCUT2D eigenvalue weighted by Crippen LogP contribution is 1.98. The SMILES string of the molecule is C1CCOC1.CC(=O)OCCO. The van der Waals surface area contributed by atoms with Crippen molar-refractivity contribution in [1.29, 1.82) is 0 Å². The predicted octanol–water partition coefficient (Wildman–Crippen LogP) is 0.339. The molecule has 0 aliphatic carbocycles. The Bertz CT molecular complexity index is 102. The Morgan fingerprint density at radius 1 is 1.50 bits per heavy atom. The maximum absolute atomic E-state index is 9.87. The molecule has 0 bridgehead atoms. The summed E-state index contributed by atoms with van der Waals surface area (Å²) in [6.45, 7) is 3.31. The smallest absolute Gasteiger partial charge is 0.302 e. The van der Waals surface area contributed by atoms with Gasteiger partial charge in [-0.1, -0.05) is 0 Å². The molecule has 1 aliphatic rings. The number of hydrogen-bond donors (Lipinski definition) is 1. The monoisotopic (exact) mass is 176 g/mol. The number of esters is 1. The lowest BCUT2D eigenvalue weighted by atomic mass is 10.4. The summed E-state index contributed by atoms with van der Waals surface area (Å²) < 4.78 is 9.25. The van der Waals surface area contributed by atoms with E-state index in [9.17, 15) is 4.79 Å². The van der Waals surface area contributed by atoms with Crippen LogP contribution in [-0.2, 0) is 14.3 Å². The third kappa shape index (κ3) is 9.39. The lowest BCUT2D eigenvalue weighted by Crippen LogP contribution is -2.03. The molecule has 12 heavy (non-hydrogen) atoms. The van der Waals surface area contributed by atoms with Crippen LogP contribution in [0.5, 0.6) is 0 Å². The molecule has 0 aromatic heterocycles. The van der Waals surface area contributed by atoms with Crippen LogP contribution in [0.2, 0.25) is 0 Å². The van der Waals surface area contributed by atoms with Crippen LogP contribution >= 0.6 is 0 Å². The van der Waals surface area contributed by atoms with Crippen molar-refractivity contribution < 1.29 is 19.4 Å². The molecule has 0 amide bonds. The molecule has 0 radical (unpaired) electrons. The number of aliphatic hydroxyl groups excluding tert-OH is 1. The quantitative estimate of drug-likeness (QED) is 0.616. The van der Waals surface area contributed by atoms with Crippen LogP contribution in [0.25, 0.3) is 0 Å². The molecule has 1 N–H and O–H groups in total. The highest BCUT2D eigenvalue weighted by Gasteiger charge is 1.94. The number of aliphatic hydroxyl groups is 1. The molecule has 72 valence electrons. The molecular weight excluding hydrogens is 160 g/mol. The highest BCUT2D eigenvalue weighted by molar-refractivity contribution is 5.65. The molecule has 0 atom stereocenters. The first-order valence-corrected chi connectivity index (χ1v) is 4.09. The number of rotatable bonds is 2. The van der Waals surface area contributed by atoms with Gasteiger partial charge >= 0.3 is 5.97 Å². The second-order valence-electron chi connectivity index (χ2n) is 2.38. The molecule has 0 spiro atoms. The van der Waals surface area contributed by atoms with Gasteiger partial charge in [0.2, 0.25) is 0 Å². The van der Waals surface area contributed by atoms with Gasteiger partial charge in [-0.05, 0) is 12.8 Å². The Kier molecular flexibility index (Phi) is 8.05. The summed E-state index contributed by atoms with van der Waals surface area (Å²) in [5.41, 5.74) is 0. The largest absolute Gasteiger partial charge is 0.463 e. The average Bonchev–Trinajstić information content (AvgIpc) is 2.57. The topological polar surface area (TPSA) is 55.8 Å². The zero-order valence-electron chi connectivity index (χ0n) is 7.41. The third-order valence-electron chi connectivity index (χ3n) is 1.22. The van der Waals surface area contributed by atoms with Gasteiger partial charge < -0.3 is 14.6 Å². The van der Waals surface area contributed by atoms with Gasteiger partial charge in [0, 0.05) is 20.1 Å². The van der Waals surface area contributed by atoms with Crippen molar-refractivity contribution in [3.05, 3.63) is 0 Å². The van der Waals surface area contributed by atoms with Crippen molar-refractivity contribution in [3.8, 4) is 0 Å². The molecule has 1 heterocycles. The van der Waals surface area contributed by atoms with E-state index in [1.54, 1.807) is 0 Å². The molecule has 4 heteroatoms. The number of carbonyl (C=O) groups is 1. The fourth-order valence-corrected chi connectivity index (χ4v) is 0.700. The van der Waals surface area contributed by atoms with Gasteiger partial charge in [0.05, 0.1) is 6.61 Å². The minimum atomic E-state index is -0.353. The van der Waals surface area contributed by atoms with E-state index in [-0.39, 0.29) is 19.2 Å². The second kappa shape index (κ2) is 8.49. The van der Waals surface area contributed by atoms with E-state index in [1.807, 2.05) is 0 Å². The molecule has 1 fully saturated rings. The Balaban J connectivity index is 0.000000211. The van der Waals surface area contributed by atoms with Crippen LogP contribution in [0.3, 0.4) is 0 Å².